The Morgan fingerprint density at radius 2 is 2.05 bits per heavy atom. The molecule has 0 amide bonds. The molecule has 1 aromatic heterocycles. The highest BCUT2D eigenvalue weighted by Crippen LogP contribution is 2.29. The third kappa shape index (κ3) is 2.91. The van der Waals surface area contributed by atoms with Crippen LogP contribution in [0, 0.1) is 5.92 Å². The van der Waals surface area contributed by atoms with E-state index in [2.05, 4.69) is 39.5 Å². The van der Waals surface area contributed by atoms with Gasteiger partial charge in [-0.1, -0.05) is 20.3 Å². The molecule has 1 aliphatic carbocycles. The first kappa shape index (κ1) is 14.1. The highest BCUT2D eigenvalue weighted by Gasteiger charge is 2.30. The smallest absolute Gasteiger partial charge is 0.0524 e. The number of aromatic nitrogens is 2. The minimum absolute atomic E-state index is 0.705. The standard InChI is InChI=1S/C16H28N4/c1-3-18(4-2)10-14-11-19(15-6-5-7-15)13-16-8-9-17-20(16)12-14/h8-9,14-15H,3-7,10-13H2,1-2H3/t14-/m1/s1. The first-order valence-corrected chi connectivity index (χ1v) is 8.27. The summed E-state index contributed by atoms with van der Waals surface area (Å²) in [5.41, 5.74) is 1.40. The van der Waals surface area contributed by atoms with Crippen LogP contribution in [0.4, 0.5) is 0 Å². The molecule has 1 aliphatic heterocycles. The average molecular weight is 276 g/mol. The van der Waals surface area contributed by atoms with Gasteiger partial charge in [0, 0.05) is 44.3 Å². The topological polar surface area (TPSA) is 24.3 Å². The quantitative estimate of drug-likeness (QED) is 0.824. The third-order valence-corrected chi connectivity index (χ3v) is 5.10. The summed E-state index contributed by atoms with van der Waals surface area (Å²) in [4.78, 5) is 5.27. The van der Waals surface area contributed by atoms with Crippen LogP contribution in [0.5, 0.6) is 0 Å². The van der Waals surface area contributed by atoms with Crippen LogP contribution in [0.2, 0.25) is 0 Å². The van der Waals surface area contributed by atoms with E-state index < -0.39 is 0 Å². The SMILES string of the molecule is CCN(CC)C[C@@H]1CN(C2CCC2)Cc2ccnn2C1. The van der Waals surface area contributed by atoms with Crippen LogP contribution >= 0.6 is 0 Å². The molecule has 1 saturated carbocycles. The molecule has 20 heavy (non-hydrogen) atoms. The second-order valence-corrected chi connectivity index (χ2v) is 6.37. The van der Waals surface area contributed by atoms with Gasteiger partial charge in [0.25, 0.3) is 0 Å². The lowest BCUT2D eigenvalue weighted by molar-refractivity contribution is 0.0929. The van der Waals surface area contributed by atoms with Crippen LogP contribution in [0.15, 0.2) is 12.3 Å². The monoisotopic (exact) mass is 276 g/mol. The minimum atomic E-state index is 0.705. The Morgan fingerprint density at radius 3 is 2.70 bits per heavy atom. The summed E-state index contributed by atoms with van der Waals surface area (Å²) in [6, 6.07) is 3.03. The van der Waals surface area contributed by atoms with Gasteiger partial charge in [-0.25, -0.2) is 0 Å². The van der Waals surface area contributed by atoms with Crippen LogP contribution in [0.3, 0.4) is 0 Å². The van der Waals surface area contributed by atoms with E-state index in [9.17, 15) is 0 Å². The van der Waals surface area contributed by atoms with Gasteiger partial charge in [0.2, 0.25) is 0 Å². The van der Waals surface area contributed by atoms with Crippen LogP contribution in [-0.4, -0.2) is 51.8 Å². The summed E-state index contributed by atoms with van der Waals surface area (Å²) in [6.45, 7) is 11.5. The summed E-state index contributed by atoms with van der Waals surface area (Å²) in [7, 11) is 0. The van der Waals surface area contributed by atoms with Gasteiger partial charge in [0.1, 0.15) is 0 Å². The lowest BCUT2D eigenvalue weighted by Gasteiger charge is -2.38. The van der Waals surface area contributed by atoms with E-state index in [4.69, 9.17) is 0 Å². The molecule has 0 aromatic carbocycles. The van der Waals surface area contributed by atoms with Gasteiger partial charge in [-0.2, -0.15) is 5.10 Å². The van der Waals surface area contributed by atoms with E-state index in [1.54, 1.807) is 0 Å². The van der Waals surface area contributed by atoms with Crippen molar-refractivity contribution < 1.29 is 0 Å². The molecular formula is C16H28N4. The molecule has 2 heterocycles. The van der Waals surface area contributed by atoms with Crippen molar-refractivity contribution in [2.45, 2.75) is 52.2 Å². The lowest BCUT2D eigenvalue weighted by Crippen LogP contribution is -2.43. The molecule has 0 bridgehead atoms. The first-order valence-electron chi connectivity index (χ1n) is 8.27. The van der Waals surface area contributed by atoms with Crippen molar-refractivity contribution in [2.75, 3.05) is 26.2 Å². The van der Waals surface area contributed by atoms with Crippen molar-refractivity contribution in [3.8, 4) is 0 Å². The van der Waals surface area contributed by atoms with Crippen LogP contribution in [-0.2, 0) is 13.1 Å². The highest BCUT2D eigenvalue weighted by atomic mass is 15.3. The van der Waals surface area contributed by atoms with E-state index in [0.29, 0.717) is 5.92 Å². The molecule has 1 atom stereocenters. The van der Waals surface area contributed by atoms with Crippen LogP contribution < -0.4 is 0 Å². The van der Waals surface area contributed by atoms with Gasteiger partial charge in [0.05, 0.1) is 5.69 Å². The number of rotatable bonds is 5. The molecule has 4 nitrogen and oxygen atoms in total. The zero-order chi connectivity index (χ0) is 13.9. The molecule has 112 valence electrons. The van der Waals surface area contributed by atoms with Crippen molar-refractivity contribution in [2.24, 2.45) is 5.92 Å². The second kappa shape index (κ2) is 6.27. The normalized spacial score (nSPS) is 24.4. The van der Waals surface area contributed by atoms with Crippen molar-refractivity contribution >= 4 is 0 Å². The Balaban J connectivity index is 1.73. The molecule has 0 radical (unpaired) electrons. The molecule has 4 heteroatoms. The molecule has 0 spiro atoms. The fourth-order valence-electron chi connectivity index (χ4n) is 3.56. The Labute approximate surface area is 122 Å². The number of hydrogen-bond donors (Lipinski definition) is 0. The number of nitrogens with zero attached hydrogens (tertiary/aromatic N) is 4. The Kier molecular flexibility index (Phi) is 4.41. The predicted molar refractivity (Wildman–Crippen MR) is 81.6 cm³/mol. The van der Waals surface area contributed by atoms with E-state index in [0.717, 1.165) is 32.2 Å². The van der Waals surface area contributed by atoms with Crippen LogP contribution in [0.25, 0.3) is 0 Å². The maximum absolute atomic E-state index is 4.54. The molecule has 0 N–H and O–H groups in total. The van der Waals surface area contributed by atoms with Gasteiger partial charge in [-0.15, -0.1) is 0 Å². The fraction of sp³-hybridized carbons (Fsp3) is 0.812. The summed E-state index contributed by atoms with van der Waals surface area (Å²) in [5.74, 6) is 0.705. The summed E-state index contributed by atoms with van der Waals surface area (Å²) in [5, 5.41) is 4.54. The summed E-state index contributed by atoms with van der Waals surface area (Å²) >= 11 is 0. The number of hydrogen-bond acceptors (Lipinski definition) is 3. The van der Waals surface area contributed by atoms with Gasteiger partial charge >= 0.3 is 0 Å². The van der Waals surface area contributed by atoms with Crippen LogP contribution in [0.1, 0.15) is 38.8 Å². The molecule has 2 aliphatic rings. The molecule has 3 rings (SSSR count). The van der Waals surface area contributed by atoms with Gasteiger partial charge in [0.15, 0.2) is 0 Å². The minimum Gasteiger partial charge on any atom is -0.303 e. The van der Waals surface area contributed by atoms with E-state index in [-0.39, 0.29) is 0 Å². The zero-order valence-corrected chi connectivity index (χ0v) is 13.0. The summed E-state index contributed by atoms with van der Waals surface area (Å²) < 4.78 is 2.24. The molecule has 1 aromatic rings. The Hall–Kier alpha value is -0.870. The second-order valence-electron chi connectivity index (χ2n) is 6.37. The highest BCUT2D eigenvalue weighted by molar-refractivity contribution is 5.03. The Bertz CT molecular complexity index is 420. The average Bonchev–Trinajstić information content (AvgIpc) is 2.74. The maximum atomic E-state index is 4.54. The largest absolute Gasteiger partial charge is 0.303 e. The first-order chi connectivity index (χ1) is 9.80. The fourth-order valence-corrected chi connectivity index (χ4v) is 3.56. The molecular weight excluding hydrogens is 248 g/mol. The molecule has 0 saturated heterocycles. The van der Waals surface area contributed by atoms with Gasteiger partial charge in [-0.05, 0) is 32.0 Å². The lowest BCUT2D eigenvalue weighted by atomic mass is 9.90. The van der Waals surface area contributed by atoms with E-state index in [1.807, 2.05) is 6.20 Å². The maximum Gasteiger partial charge on any atom is 0.0524 e. The van der Waals surface area contributed by atoms with Gasteiger partial charge < -0.3 is 4.90 Å². The predicted octanol–water partition coefficient (Wildman–Crippen LogP) is 2.21. The van der Waals surface area contributed by atoms with Crippen molar-refractivity contribution in [3.05, 3.63) is 18.0 Å². The van der Waals surface area contributed by atoms with E-state index >= 15 is 0 Å². The Morgan fingerprint density at radius 1 is 1.25 bits per heavy atom. The summed E-state index contributed by atoms with van der Waals surface area (Å²) in [6.07, 6.45) is 6.17. The molecule has 1 fully saturated rings. The van der Waals surface area contributed by atoms with Crippen molar-refractivity contribution in [1.82, 2.24) is 19.6 Å². The van der Waals surface area contributed by atoms with E-state index in [1.165, 1.54) is 38.0 Å². The van der Waals surface area contributed by atoms with Gasteiger partial charge in [-0.3, -0.25) is 9.58 Å². The van der Waals surface area contributed by atoms with Crippen molar-refractivity contribution in [1.29, 1.82) is 0 Å². The zero-order valence-electron chi connectivity index (χ0n) is 13.0. The van der Waals surface area contributed by atoms with Crippen molar-refractivity contribution in [3.63, 3.8) is 0 Å². The number of fused-ring (bicyclic) bond motifs is 1. The molecule has 0 unspecified atom stereocenters. The third-order valence-electron chi connectivity index (χ3n) is 5.10.